The first-order valence-electron chi connectivity index (χ1n) is 16.5. The van der Waals surface area contributed by atoms with Gasteiger partial charge in [0.15, 0.2) is 0 Å². The predicted octanol–water partition coefficient (Wildman–Crippen LogP) is 12.0. The minimum atomic E-state index is -1.67. The molecular weight excluding hydrogens is 597 g/mol. The Labute approximate surface area is 280 Å². The van der Waals surface area contributed by atoms with Crippen molar-refractivity contribution in [1.82, 2.24) is 9.97 Å². The molecule has 0 fully saturated rings. The van der Waals surface area contributed by atoms with Crippen LogP contribution in [-0.2, 0) is 0 Å². The Morgan fingerprint density at radius 3 is 1.44 bits per heavy atom. The second-order valence-corrected chi connectivity index (χ2v) is 18.4. The topological polar surface area (TPSA) is 25.8 Å². The minimum Gasteiger partial charge on any atom is -0.245 e. The minimum absolute atomic E-state index is 0.893. The van der Waals surface area contributed by atoms with Crippen LogP contribution in [0.5, 0.6) is 0 Å². The van der Waals surface area contributed by atoms with Gasteiger partial charge < -0.3 is 0 Å². The molecule has 0 saturated heterocycles. The Kier molecular flexibility index (Phi) is 6.44. The molecule has 0 amide bonds. The summed E-state index contributed by atoms with van der Waals surface area (Å²) in [5, 5.41) is 11.7. The zero-order valence-corrected chi connectivity index (χ0v) is 28.2. The Hall–Kier alpha value is -5.82. The van der Waals surface area contributed by atoms with Crippen LogP contribution in [0.3, 0.4) is 0 Å². The number of hydrogen-bond donors (Lipinski definition) is 0. The van der Waals surface area contributed by atoms with Crippen molar-refractivity contribution in [3.05, 3.63) is 145 Å². The largest absolute Gasteiger partial charge is 0.245 e. The normalized spacial score (nSPS) is 11.9. The maximum atomic E-state index is 5.58. The smallest absolute Gasteiger partial charge is 0.129 e. The van der Waals surface area contributed by atoms with Gasteiger partial charge in [-0.2, -0.15) is 0 Å². The zero-order valence-electron chi connectivity index (χ0n) is 27.2. The third-order valence-electron chi connectivity index (χ3n) is 9.25. The second kappa shape index (κ2) is 10.9. The lowest BCUT2D eigenvalue weighted by Crippen LogP contribution is -2.16. The maximum absolute atomic E-state index is 5.58. The van der Waals surface area contributed by atoms with Gasteiger partial charge in [0.2, 0.25) is 0 Å². The van der Waals surface area contributed by atoms with Crippen LogP contribution >= 0.6 is 0 Å². The molecule has 7 aromatic carbocycles. The highest BCUT2D eigenvalue weighted by molar-refractivity contribution is 6.83. The van der Waals surface area contributed by atoms with E-state index in [4.69, 9.17) is 9.97 Å². The number of hydrogen-bond acceptors (Lipinski definition) is 2. The summed E-state index contributed by atoms with van der Waals surface area (Å²) in [6, 6.07) is 50.0. The molecule has 0 saturated carbocycles. The summed E-state index contributed by atoms with van der Waals surface area (Å²) in [6.07, 6.45) is 0. The van der Waals surface area contributed by atoms with Crippen LogP contribution in [0, 0.1) is 11.5 Å². The van der Waals surface area contributed by atoms with Crippen LogP contribution in [0.2, 0.25) is 19.6 Å². The van der Waals surface area contributed by atoms with Gasteiger partial charge in [-0.05, 0) is 67.4 Å². The van der Waals surface area contributed by atoms with E-state index in [0.29, 0.717) is 0 Å². The molecule has 0 spiro atoms. The van der Waals surface area contributed by atoms with Gasteiger partial charge in [-0.1, -0.05) is 141 Å². The average molecular weight is 629 g/mol. The van der Waals surface area contributed by atoms with Gasteiger partial charge in [-0.25, -0.2) is 9.97 Å². The molecule has 0 aliphatic heterocycles. The molecule has 48 heavy (non-hydrogen) atoms. The van der Waals surface area contributed by atoms with Crippen LogP contribution in [-0.4, -0.2) is 18.0 Å². The van der Waals surface area contributed by atoms with Gasteiger partial charge in [0, 0.05) is 21.9 Å². The summed E-state index contributed by atoms with van der Waals surface area (Å²) in [5.41, 5.74) is 10.5. The molecule has 0 aliphatic carbocycles. The Balaban J connectivity index is 1.40. The van der Waals surface area contributed by atoms with E-state index >= 15 is 0 Å². The molecule has 2 aromatic heterocycles. The second-order valence-electron chi connectivity index (χ2n) is 13.7. The first-order valence-corrected chi connectivity index (χ1v) is 20.0. The Morgan fingerprint density at radius 2 is 0.896 bits per heavy atom. The van der Waals surface area contributed by atoms with Crippen molar-refractivity contribution in [1.29, 1.82) is 0 Å². The van der Waals surface area contributed by atoms with Crippen LogP contribution in [0.15, 0.2) is 140 Å². The molecular formula is C45H32N2Si. The van der Waals surface area contributed by atoms with E-state index in [1.807, 2.05) is 0 Å². The fourth-order valence-corrected chi connectivity index (χ4v) is 7.57. The van der Waals surface area contributed by atoms with Gasteiger partial charge in [0.1, 0.15) is 8.07 Å². The number of benzene rings is 7. The summed E-state index contributed by atoms with van der Waals surface area (Å²) in [7, 11) is -1.67. The molecule has 0 radical (unpaired) electrons. The van der Waals surface area contributed by atoms with Gasteiger partial charge in [0.05, 0.1) is 28.0 Å². The summed E-state index contributed by atoms with van der Waals surface area (Å²) in [6.45, 7) is 6.87. The van der Waals surface area contributed by atoms with E-state index in [0.717, 1.165) is 49.9 Å². The Bertz CT molecular complexity index is 2720. The molecule has 0 atom stereocenters. The third-order valence-corrected chi connectivity index (χ3v) is 10.1. The van der Waals surface area contributed by atoms with Crippen molar-refractivity contribution in [2.75, 3.05) is 0 Å². The number of pyridine rings is 2. The fourth-order valence-electron chi connectivity index (χ4n) is 7.06. The highest BCUT2D eigenvalue weighted by Crippen LogP contribution is 2.40. The molecule has 3 heteroatoms. The molecule has 2 nitrogen and oxygen atoms in total. The summed E-state index contributed by atoms with van der Waals surface area (Å²) < 4.78 is 0. The van der Waals surface area contributed by atoms with Crippen LogP contribution in [0.4, 0.5) is 0 Å². The van der Waals surface area contributed by atoms with Crippen molar-refractivity contribution < 1.29 is 0 Å². The van der Waals surface area contributed by atoms with Crippen LogP contribution < -0.4 is 0 Å². The van der Waals surface area contributed by atoms with Crippen molar-refractivity contribution >= 4 is 73.0 Å². The van der Waals surface area contributed by atoms with E-state index in [2.05, 4.69) is 171 Å². The zero-order chi connectivity index (χ0) is 32.4. The number of aromatic nitrogens is 2. The molecule has 0 aliphatic rings. The van der Waals surface area contributed by atoms with E-state index in [-0.39, 0.29) is 0 Å². The average Bonchev–Trinajstić information content (AvgIpc) is 3.11. The van der Waals surface area contributed by atoms with Crippen molar-refractivity contribution in [2.45, 2.75) is 19.6 Å². The van der Waals surface area contributed by atoms with Crippen molar-refractivity contribution in [2.24, 2.45) is 0 Å². The maximum Gasteiger partial charge on any atom is 0.129 e. The number of nitrogens with zero attached hydrogens (tertiary/aromatic N) is 2. The van der Waals surface area contributed by atoms with Crippen molar-refractivity contribution in [3.63, 3.8) is 0 Å². The summed E-state index contributed by atoms with van der Waals surface area (Å²) in [4.78, 5) is 11.0. The van der Waals surface area contributed by atoms with Crippen LogP contribution in [0.25, 0.3) is 87.4 Å². The van der Waals surface area contributed by atoms with Gasteiger partial charge in [0.25, 0.3) is 0 Å². The number of fused-ring (bicyclic) bond motifs is 7. The SMILES string of the molecule is C[Si](C)(C)C#Cc1cc2ccc3ccc(-c4c5ccccc5cc5ccccc45)nc3c2nc1-c1c2ccccc2cc2ccccc12. The predicted molar refractivity (Wildman–Crippen MR) is 208 cm³/mol. The first kappa shape index (κ1) is 28.4. The molecule has 9 aromatic rings. The van der Waals surface area contributed by atoms with Gasteiger partial charge in [-0.3, -0.25) is 0 Å². The fraction of sp³-hybridized carbons (Fsp3) is 0.0667. The highest BCUT2D eigenvalue weighted by atomic mass is 28.3. The Morgan fingerprint density at radius 1 is 0.438 bits per heavy atom. The molecule has 0 unspecified atom stereocenters. The van der Waals surface area contributed by atoms with E-state index < -0.39 is 8.07 Å². The highest BCUT2D eigenvalue weighted by Gasteiger charge is 2.19. The first-order chi connectivity index (χ1) is 23.4. The van der Waals surface area contributed by atoms with Gasteiger partial charge in [-0.15, -0.1) is 5.54 Å². The molecule has 2 heterocycles. The molecule has 226 valence electrons. The lowest BCUT2D eigenvalue weighted by molar-refractivity contribution is 1.37. The quantitative estimate of drug-likeness (QED) is 0.0824. The van der Waals surface area contributed by atoms with Crippen molar-refractivity contribution in [3.8, 4) is 34.0 Å². The third kappa shape index (κ3) is 4.73. The number of rotatable bonds is 2. The van der Waals surface area contributed by atoms with Gasteiger partial charge >= 0.3 is 0 Å². The summed E-state index contributed by atoms with van der Waals surface area (Å²) >= 11 is 0. The van der Waals surface area contributed by atoms with E-state index in [9.17, 15) is 0 Å². The monoisotopic (exact) mass is 628 g/mol. The lowest BCUT2D eigenvalue weighted by atomic mass is 9.92. The molecule has 0 bridgehead atoms. The molecule has 0 N–H and O–H groups in total. The van der Waals surface area contributed by atoms with E-state index in [1.54, 1.807) is 0 Å². The van der Waals surface area contributed by atoms with E-state index in [1.165, 1.54) is 43.1 Å². The van der Waals surface area contributed by atoms with Crippen LogP contribution in [0.1, 0.15) is 5.56 Å². The lowest BCUT2D eigenvalue weighted by Gasteiger charge is -2.15. The standard InChI is InChI=1S/C45H32N2Si/c1-48(2,3)25-24-35-28-34-21-20-29-22-23-40(41-36-16-8-4-12-30(36)26-31-13-5-9-17-37(31)41)46-44(29)45(34)47-43(35)42-38-18-10-6-14-32(38)27-33-15-7-11-19-39(33)42/h4-23,26-28H,1-3H3. The molecule has 9 rings (SSSR count). The summed E-state index contributed by atoms with van der Waals surface area (Å²) in [5.74, 6) is 3.63.